The minimum atomic E-state index is -0.513. The van der Waals surface area contributed by atoms with Gasteiger partial charge < -0.3 is 10.2 Å². The highest BCUT2D eigenvalue weighted by Crippen LogP contribution is 2.13. The summed E-state index contributed by atoms with van der Waals surface area (Å²) in [6.07, 6.45) is 6.18. The third-order valence-corrected chi connectivity index (χ3v) is 3.34. The predicted molar refractivity (Wildman–Crippen MR) is 88.0 cm³/mol. The van der Waals surface area contributed by atoms with Crippen molar-refractivity contribution in [2.45, 2.75) is 59.9 Å². The molecule has 1 N–H and O–H groups in total. The molecule has 0 saturated carbocycles. The quantitative estimate of drug-likeness (QED) is 0.656. The summed E-state index contributed by atoms with van der Waals surface area (Å²) in [5, 5.41) is 2.83. The molecule has 1 unspecified atom stereocenters. The Morgan fingerprint density at radius 3 is 2.33 bits per heavy atom. The fourth-order valence-corrected chi connectivity index (χ4v) is 1.98. The number of carbonyl (C=O) groups is 2. The lowest BCUT2D eigenvalue weighted by atomic mass is 9.93. The van der Waals surface area contributed by atoms with E-state index in [4.69, 9.17) is 0 Å². The normalized spacial score (nSPS) is 12.5. The molecule has 0 saturated heterocycles. The Morgan fingerprint density at radius 2 is 1.90 bits per heavy atom. The Kier molecular flexibility index (Phi) is 9.42. The van der Waals surface area contributed by atoms with Crippen molar-refractivity contribution in [3.63, 3.8) is 0 Å². The zero-order valence-electron chi connectivity index (χ0n) is 14.1. The van der Waals surface area contributed by atoms with E-state index in [-0.39, 0.29) is 17.7 Å². The number of ketones is 1. The van der Waals surface area contributed by atoms with E-state index in [0.717, 1.165) is 12.8 Å². The van der Waals surface area contributed by atoms with E-state index in [0.29, 0.717) is 18.5 Å². The summed E-state index contributed by atoms with van der Waals surface area (Å²) in [5.74, 6) is -0.0209. The molecule has 0 heterocycles. The van der Waals surface area contributed by atoms with Crippen LogP contribution in [0.5, 0.6) is 0 Å². The number of hydrogen-bond acceptors (Lipinski definition) is 2. The molecule has 0 bridgehead atoms. The average Bonchev–Trinajstić information content (AvgIpc) is 2.46. The second-order valence-corrected chi connectivity index (χ2v) is 5.51. The van der Waals surface area contributed by atoms with Gasteiger partial charge in [-0.15, -0.1) is 0 Å². The first-order valence-corrected chi connectivity index (χ1v) is 7.80. The highest BCUT2D eigenvalue weighted by molar-refractivity contribution is 6.00. The highest BCUT2D eigenvalue weighted by atomic mass is 16.2. The van der Waals surface area contributed by atoms with Crippen LogP contribution in [0.3, 0.4) is 0 Å². The number of carbonyl (C=O) groups excluding carboxylic acids is 2. The fourth-order valence-electron chi connectivity index (χ4n) is 1.98. The number of amides is 2. The molecule has 21 heavy (non-hydrogen) atoms. The Morgan fingerprint density at radius 1 is 1.29 bits per heavy atom. The number of urea groups is 1. The molecule has 0 aromatic heterocycles. The minimum absolute atomic E-state index is 0.0316. The maximum Gasteiger partial charge on any atom is 0.321 e. The van der Waals surface area contributed by atoms with Crippen LogP contribution in [0.25, 0.3) is 0 Å². The van der Waals surface area contributed by atoms with E-state index in [9.17, 15) is 9.59 Å². The molecular weight excluding hydrogens is 264 g/mol. The van der Waals surface area contributed by atoms with E-state index >= 15 is 0 Å². The molecule has 0 aliphatic heterocycles. The van der Waals surface area contributed by atoms with Crippen LogP contribution >= 0.6 is 0 Å². The van der Waals surface area contributed by atoms with E-state index < -0.39 is 6.04 Å². The maximum absolute atomic E-state index is 12.4. The molecule has 0 aromatic rings. The molecular formula is C17H30N2O2. The van der Waals surface area contributed by atoms with E-state index in [1.54, 1.807) is 17.2 Å². The number of allylic oxidation sites excluding steroid dienone is 1. The third-order valence-electron chi connectivity index (χ3n) is 3.34. The van der Waals surface area contributed by atoms with Crippen LogP contribution in [0.2, 0.25) is 0 Å². The lowest BCUT2D eigenvalue weighted by Gasteiger charge is -2.25. The monoisotopic (exact) mass is 294 g/mol. The van der Waals surface area contributed by atoms with Crippen molar-refractivity contribution in [2.24, 2.45) is 5.92 Å². The van der Waals surface area contributed by atoms with Crippen molar-refractivity contribution in [1.29, 1.82) is 0 Å². The molecule has 0 aliphatic carbocycles. The van der Waals surface area contributed by atoms with Crippen LogP contribution in [0.4, 0.5) is 4.79 Å². The molecule has 1 atom stereocenters. The van der Waals surface area contributed by atoms with Gasteiger partial charge in [-0.2, -0.15) is 0 Å². The second kappa shape index (κ2) is 10.2. The van der Waals surface area contributed by atoms with Crippen LogP contribution in [-0.4, -0.2) is 29.3 Å². The zero-order valence-corrected chi connectivity index (χ0v) is 14.1. The number of nitrogens with zero attached hydrogens (tertiary/aromatic N) is 1. The molecule has 0 radical (unpaired) electrons. The summed E-state index contributed by atoms with van der Waals surface area (Å²) in [7, 11) is 0. The molecule has 0 rings (SSSR count). The van der Waals surface area contributed by atoms with E-state index in [1.807, 2.05) is 27.7 Å². The van der Waals surface area contributed by atoms with Gasteiger partial charge in [-0.1, -0.05) is 39.8 Å². The van der Waals surface area contributed by atoms with Gasteiger partial charge >= 0.3 is 6.03 Å². The number of Topliss-reactive ketones (excluding diaryl/α,β-unsaturated/α-hetero) is 1. The molecule has 4 nitrogen and oxygen atoms in total. The van der Waals surface area contributed by atoms with Crippen LogP contribution in [0.1, 0.15) is 53.9 Å². The molecule has 0 aliphatic rings. The zero-order chi connectivity index (χ0) is 16.4. The van der Waals surface area contributed by atoms with Gasteiger partial charge in [0.2, 0.25) is 0 Å². The van der Waals surface area contributed by atoms with Crippen LogP contribution in [-0.2, 0) is 4.79 Å². The van der Waals surface area contributed by atoms with Crippen molar-refractivity contribution in [3.05, 3.63) is 24.4 Å². The van der Waals surface area contributed by atoms with Gasteiger partial charge in [0.15, 0.2) is 5.78 Å². The molecule has 0 fully saturated rings. The number of hydrogen-bond donors (Lipinski definition) is 1. The van der Waals surface area contributed by atoms with Crippen molar-refractivity contribution in [3.8, 4) is 0 Å². The SMILES string of the molecule is C=C(CCCC)C(=O)C(NC(=O)N(/C=C\C)CC)C(C)C. The number of unbranched alkanes of at least 4 members (excludes halogenated alkanes) is 1. The molecule has 120 valence electrons. The van der Waals surface area contributed by atoms with Gasteiger partial charge in [-0.25, -0.2) is 4.79 Å². The summed E-state index contributed by atoms with van der Waals surface area (Å²) in [6, 6.07) is -0.757. The molecule has 0 spiro atoms. The average molecular weight is 294 g/mol. The second-order valence-electron chi connectivity index (χ2n) is 5.51. The van der Waals surface area contributed by atoms with Gasteiger partial charge in [0.05, 0.1) is 6.04 Å². The smallest absolute Gasteiger partial charge is 0.321 e. The van der Waals surface area contributed by atoms with Crippen LogP contribution in [0.15, 0.2) is 24.4 Å². The summed E-state index contributed by atoms with van der Waals surface area (Å²) >= 11 is 0. The van der Waals surface area contributed by atoms with Gasteiger partial charge in [0, 0.05) is 12.7 Å². The van der Waals surface area contributed by atoms with Crippen molar-refractivity contribution >= 4 is 11.8 Å². The Hall–Kier alpha value is -1.58. The van der Waals surface area contributed by atoms with Crippen LogP contribution < -0.4 is 5.32 Å². The Bertz CT molecular complexity index is 386. The molecule has 0 aromatic carbocycles. The summed E-state index contributed by atoms with van der Waals surface area (Å²) in [4.78, 5) is 26.2. The lowest BCUT2D eigenvalue weighted by molar-refractivity contribution is -0.118. The van der Waals surface area contributed by atoms with Gasteiger partial charge in [-0.3, -0.25) is 4.79 Å². The highest BCUT2D eigenvalue weighted by Gasteiger charge is 2.26. The Balaban J connectivity index is 4.87. The first-order valence-electron chi connectivity index (χ1n) is 7.80. The third kappa shape index (κ3) is 6.61. The van der Waals surface area contributed by atoms with Crippen molar-refractivity contribution < 1.29 is 9.59 Å². The van der Waals surface area contributed by atoms with Crippen molar-refractivity contribution in [2.75, 3.05) is 6.54 Å². The maximum atomic E-state index is 12.4. The first-order chi connectivity index (χ1) is 9.88. The lowest BCUT2D eigenvalue weighted by Crippen LogP contribution is -2.49. The largest absolute Gasteiger partial charge is 0.327 e. The number of nitrogens with one attached hydrogen (secondary N) is 1. The van der Waals surface area contributed by atoms with Gasteiger partial charge in [0.1, 0.15) is 0 Å². The van der Waals surface area contributed by atoms with Gasteiger partial charge in [-0.05, 0) is 38.2 Å². The van der Waals surface area contributed by atoms with Crippen LogP contribution in [0, 0.1) is 5.92 Å². The minimum Gasteiger partial charge on any atom is -0.327 e. The molecule has 4 heteroatoms. The predicted octanol–water partition coefficient (Wildman–Crippen LogP) is 3.89. The first kappa shape index (κ1) is 19.4. The van der Waals surface area contributed by atoms with Crippen molar-refractivity contribution in [1.82, 2.24) is 10.2 Å². The van der Waals surface area contributed by atoms with Gasteiger partial charge in [0.25, 0.3) is 0 Å². The molecule has 2 amide bonds. The fraction of sp³-hybridized carbons (Fsp3) is 0.647. The summed E-state index contributed by atoms with van der Waals surface area (Å²) in [5.41, 5.74) is 0.602. The Labute approximate surface area is 129 Å². The summed E-state index contributed by atoms with van der Waals surface area (Å²) < 4.78 is 0. The standard InChI is InChI=1S/C17H30N2O2/c1-7-10-11-14(6)16(20)15(13(4)5)18-17(21)19(9-3)12-8-2/h8,12-13,15H,6-7,9-11H2,1-5H3,(H,18,21)/b12-8-. The topological polar surface area (TPSA) is 49.4 Å². The van der Waals surface area contributed by atoms with E-state index in [1.165, 1.54) is 0 Å². The van der Waals surface area contributed by atoms with E-state index in [2.05, 4.69) is 18.8 Å². The number of rotatable bonds is 9. The summed E-state index contributed by atoms with van der Waals surface area (Å²) in [6.45, 7) is 14.1.